The summed E-state index contributed by atoms with van der Waals surface area (Å²) in [5.41, 5.74) is 10.3. The van der Waals surface area contributed by atoms with Crippen molar-refractivity contribution in [2.45, 2.75) is 13.8 Å². The molecule has 0 atom stereocenters. The molecular formula is C33H24N6O6. The zero-order chi connectivity index (χ0) is 33.0. The van der Waals surface area contributed by atoms with E-state index < -0.39 is 35.1 Å². The van der Waals surface area contributed by atoms with Crippen molar-refractivity contribution in [1.82, 2.24) is 4.57 Å². The van der Waals surface area contributed by atoms with Crippen LogP contribution >= 0.6 is 0 Å². The highest BCUT2D eigenvalue weighted by Crippen LogP contribution is 2.31. The van der Waals surface area contributed by atoms with Crippen LogP contribution in [0.4, 0.5) is 5.69 Å². The minimum Gasteiger partial charge on any atom is -0.494 e. The molecule has 2 aromatic carbocycles. The number of nitriles is 1. The van der Waals surface area contributed by atoms with E-state index in [4.69, 9.17) is 18.0 Å². The number of carbonyl (C=O) groups excluding carboxylic acids is 4. The first-order chi connectivity index (χ1) is 21.4. The molecule has 0 saturated carbocycles. The van der Waals surface area contributed by atoms with Crippen molar-refractivity contribution in [3.63, 3.8) is 0 Å². The molecule has 45 heavy (non-hydrogen) atoms. The van der Waals surface area contributed by atoms with E-state index in [9.17, 15) is 34.3 Å². The van der Waals surface area contributed by atoms with Gasteiger partial charge in [-0.1, -0.05) is 36.4 Å². The van der Waals surface area contributed by atoms with Gasteiger partial charge in [-0.05, 0) is 67.5 Å². The number of aromatic nitrogens is 1. The van der Waals surface area contributed by atoms with Gasteiger partial charge in [0.1, 0.15) is 11.6 Å². The second-order valence-corrected chi connectivity index (χ2v) is 9.67. The van der Waals surface area contributed by atoms with Gasteiger partial charge in [-0.3, -0.25) is 28.9 Å². The average Bonchev–Trinajstić information content (AvgIpc) is 3.00. The van der Waals surface area contributed by atoms with Gasteiger partial charge in [0.15, 0.2) is 0 Å². The van der Waals surface area contributed by atoms with Crippen molar-refractivity contribution in [2.75, 3.05) is 4.90 Å². The molecule has 0 saturated heterocycles. The number of hydrogen-bond donors (Lipinski definition) is 3. The van der Waals surface area contributed by atoms with Gasteiger partial charge in [-0.2, -0.15) is 5.26 Å². The molecule has 0 fully saturated rings. The lowest BCUT2D eigenvalue weighted by Crippen LogP contribution is -2.42. The van der Waals surface area contributed by atoms with E-state index in [0.29, 0.717) is 0 Å². The van der Waals surface area contributed by atoms with E-state index >= 15 is 0 Å². The number of nitrogens with two attached hydrogens (primary N) is 2. The summed E-state index contributed by atoms with van der Waals surface area (Å²) in [5, 5.41) is 20.7. The summed E-state index contributed by atoms with van der Waals surface area (Å²) in [6, 6.07) is 13.2. The predicted molar refractivity (Wildman–Crippen MR) is 165 cm³/mol. The van der Waals surface area contributed by atoms with Crippen LogP contribution in [0.15, 0.2) is 94.5 Å². The molecule has 12 heteroatoms. The zero-order valence-electron chi connectivity index (χ0n) is 23.9. The Kier molecular flexibility index (Phi) is 8.73. The van der Waals surface area contributed by atoms with Crippen molar-refractivity contribution >= 4 is 35.4 Å². The first-order valence-electron chi connectivity index (χ1n) is 13.1. The number of rotatable bonds is 7. The van der Waals surface area contributed by atoms with Crippen LogP contribution in [0.1, 0.15) is 44.3 Å². The number of primary amides is 2. The Bertz CT molecular complexity index is 2090. The fraction of sp³-hybridized carbons (Fsp3) is 0.0606. The number of pyridine rings is 1. The molecule has 3 aromatic rings. The Morgan fingerprint density at radius 3 is 2.11 bits per heavy atom. The fourth-order valence-electron chi connectivity index (χ4n) is 4.66. The second-order valence-electron chi connectivity index (χ2n) is 9.67. The van der Waals surface area contributed by atoms with E-state index in [1.165, 1.54) is 92.8 Å². The first-order valence-corrected chi connectivity index (χ1v) is 13.1. The summed E-state index contributed by atoms with van der Waals surface area (Å²) < 4.78 is 0.892. The topological polar surface area (TPSA) is 194 Å². The molecule has 4 amide bonds. The van der Waals surface area contributed by atoms with E-state index in [0.717, 1.165) is 9.47 Å². The van der Waals surface area contributed by atoms with Crippen LogP contribution in [0.5, 0.6) is 5.88 Å². The summed E-state index contributed by atoms with van der Waals surface area (Å²) >= 11 is 0. The van der Waals surface area contributed by atoms with E-state index in [1.54, 1.807) is 0 Å². The number of imide groups is 1. The highest BCUT2D eigenvalue weighted by Gasteiger charge is 2.36. The summed E-state index contributed by atoms with van der Waals surface area (Å²) in [7, 11) is 0. The van der Waals surface area contributed by atoms with Crippen molar-refractivity contribution in [3.05, 3.63) is 139 Å². The molecule has 2 heterocycles. The van der Waals surface area contributed by atoms with Gasteiger partial charge in [0.05, 0.1) is 17.9 Å². The van der Waals surface area contributed by atoms with Crippen molar-refractivity contribution in [3.8, 4) is 17.6 Å². The molecule has 1 aromatic heterocycles. The molecule has 0 bridgehead atoms. The van der Waals surface area contributed by atoms with Gasteiger partial charge in [0.2, 0.25) is 17.7 Å². The molecule has 0 spiro atoms. The van der Waals surface area contributed by atoms with Crippen molar-refractivity contribution in [1.29, 1.82) is 5.26 Å². The highest BCUT2D eigenvalue weighted by atomic mass is 16.3. The Morgan fingerprint density at radius 2 is 1.53 bits per heavy atom. The third-order valence-corrected chi connectivity index (χ3v) is 7.00. The van der Waals surface area contributed by atoms with Crippen LogP contribution in [-0.2, 0) is 9.59 Å². The SMILES string of the molecule is [C-]#[N+]C1=C(C)C(=CC=CC=Cc2c(C)c(C#N)c(=O)n(-c3cccc(C(N)=O)c3)c2O)C(=O)N(c2cccc(C(N)=O)c2)C1=O. The second kappa shape index (κ2) is 12.6. The lowest BCUT2D eigenvalue weighted by atomic mass is 9.97. The number of allylic oxidation sites excluding steroid dienone is 4. The van der Waals surface area contributed by atoms with Crippen LogP contribution < -0.4 is 21.9 Å². The average molecular weight is 601 g/mol. The molecule has 0 aliphatic carbocycles. The minimum absolute atomic E-state index is 0.0448. The van der Waals surface area contributed by atoms with Gasteiger partial charge in [0, 0.05) is 22.3 Å². The number of nitrogens with zero attached hydrogens (tertiary/aromatic N) is 4. The van der Waals surface area contributed by atoms with Crippen LogP contribution in [0.3, 0.4) is 0 Å². The maximum atomic E-state index is 13.4. The number of benzene rings is 2. The molecule has 0 unspecified atom stereocenters. The number of hydrogen-bond acceptors (Lipinski definition) is 7. The van der Waals surface area contributed by atoms with Crippen molar-refractivity contribution < 1.29 is 24.3 Å². The summed E-state index contributed by atoms with van der Waals surface area (Å²) in [5.74, 6) is -3.55. The van der Waals surface area contributed by atoms with Crippen LogP contribution in [-0.4, -0.2) is 33.3 Å². The predicted octanol–water partition coefficient (Wildman–Crippen LogP) is 3.18. The normalized spacial score (nSPS) is 14.3. The first kappa shape index (κ1) is 31.2. The smallest absolute Gasteiger partial charge is 0.276 e. The molecule has 5 N–H and O–H groups in total. The van der Waals surface area contributed by atoms with Gasteiger partial charge in [0.25, 0.3) is 23.1 Å². The zero-order valence-corrected chi connectivity index (χ0v) is 23.9. The molecule has 12 nitrogen and oxygen atoms in total. The summed E-state index contributed by atoms with van der Waals surface area (Å²) in [6.07, 6.45) is 7.28. The number of amides is 4. The molecule has 1 aliphatic heterocycles. The van der Waals surface area contributed by atoms with Crippen LogP contribution in [0.2, 0.25) is 0 Å². The van der Waals surface area contributed by atoms with Gasteiger partial charge < -0.3 is 16.6 Å². The monoisotopic (exact) mass is 600 g/mol. The summed E-state index contributed by atoms with van der Waals surface area (Å²) in [6.45, 7) is 10.5. The van der Waals surface area contributed by atoms with E-state index in [-0.39, 0.29) is 56.0 Å². The highest BCUT2D eigenvalue weighted by molar-refractivity contribution is 6.30. The quantitative estimate of drug-likeness (QED) is 0.160. The largest absolute Gasteiger partial charge is 0.494 e. The number of aromatic hydroxyl groups is 1. The molecular weight excluding hydrogens is 576 g/mol. The molecule has 1 aliphatic rings. The Labute approximate surface area is 256 Å². The standard InChI is InChI=1S/C33H24N6O6/c1-18-24(30(42)38(32(44)26(18)17-34)22-11-7-9-20(15-22)28(35)40)13-5-4-6-14-25-19(2)27(37-3)33(45)39(31(25)43)23-12-8-10-21(16-23)29(36)41/h4-16,42H,1-2H3,(H2,35,40)(H2,36,41). The van der Waals surface area contributed by atoms with Crippen molar-refractivity contribution in [2.24, 2.45) is 11.5 Å². The van der Waals surface area contributed by atoms with E-state index in [1.807, 2.05) is 6.07 Å². The molecule has 222 valence electrons. The Hall–Kier alpha value is -6.79. The Morgan fingerprint density at radius 1 is 0.933 bits per heavy atom. The molecule has 0 radical (unpaired) electrons. The minimum atomic E-state index is -0.842. The Balaban J connectivity index is 1.74. The summed E-state index contributed by atoms with van der Waals surface area (Å²) in [4.78, 5) is 66.9. The lowest BCUT2D eigenvalue weighted by molar-refractivity contribution is -0.123. The van der Waals surface area contributed by atoms with Crippen LogP contribution in [0.25, 0.3) is 16.6 Å². The van der Waals surface area contributed by atoms with Crippen LogP contribution in [0, 0.1) is 24.8 Å². The fourth-order valence-corrected chi connectivity index (χ4v) is 4.66. The maximum absolute atomic E-state index is 13.4. The van der Waals surface area contributed by atoms with Gasteiger partial charge >= 0.3 is 0 Å². The molecule has 4 rings (SSSR count). The van der Waals surface area contributed by atoms with Gasteiger partial charge in [-0.15, -0.1) is 0 Å². The van der Waals surface area contributed by atoms with E-state index in [2.05, 4.69) is 4.85 Å². The number of anilines is 1. The maximum Gasteiger partial charge on any atom is 0.276 e. The van der Waals surface area contributed by atoms with Gasteiger partial charge in [-0.25, -0.2) is 9.41 Å². The third kappa shape index (κ3) is 5.80. The number of carbonyl (C=O) groups is 4. The lowest BCUT2D eigenvalue weighted by Gasteiger charge is -2.27. The third-order valence-electron chi connectivity index (χ3n) is 7.00.